The lowest BCUT2D eigenvalue weighted by molar-refractivity contribution is -0.122. The highest BCUT2D eigenvalue weighted by Crippen LogP contribution is 2.25. The van der Waals surface area contributed by atoms with E-state index in [0.29, 0.717) is 24.8 Å². The van der Waals surface area contributed by atoms with Gasteiger partial charge >= 0.3 is 0 Å². The Kier molecular flexibility index (Phi) is 5.92. The van der Waals surface area contributed by atoms with Crippen LogP contribution in [0, 0.1) is 11.8 Å². The SMILES string of the molecule is CC(CC(=O)NCc1nnc(C(C)(C)C)s1)C1CCCNC1. The first-order chi connectivity index (χ1) is 10.4. The fraction of sp³-hybridized carbons (Fsp3) is 0.812. The van der Waals surface area contributed by atoms with Gasteiger partial charge in [0.15, 0.2) is 0 Å². The van der Waals surface area contributed by atoms with Crippen molar-refractivity contribution >= 4 is 17.2 Å². The van der Waals surface area contributed by atoms with Crippen molar-refractivity contribution in [1.29, 1.82) is 0 Å². The molecular weight excluding hydrogens is 296 g/mol. The fourth-order valence-corrected chi connectivity index (χ4v) is 3.54. The topological polar surface area (TPSA) is 66.9 Å². The fourth-order valence-electron chi connectivity index (χ4n) is 2.70. The maximum atomic E-state index is 12.1. The number of amides is 1. The highest BCUT2D eigenvalue weighted by atomic mass is 32.1. The van der Waals surface area contributed by atoms with Gasteiger partial charge in [-0.3, -0.25) is 4.79 Å². The van der Waals surface area contributed by atoms with E-state index in [1.54, 1.807) is 11.3 Å². The normalized spacial score (nSPS) is 20.6. The number of aromatic nitrogens is 2. The summed E-state index contributed by atoms with van der Waals surface area (Å²) in [4.78, 5) is 12.1. The summed E-state index contributed by atoms with van der Waals surface area (Å²) in [5.41, 5.74) is 0.0163. The first-order valence-corrected chi connectivity index (χ1v) is 8.98. The van der Waals surface area contributed by atoms with Crippen molar-refractivity contribution in [1.82, 2.24) is 20.8 Å². The Bertz CT molecular complexity index is 489. The second kappa shape index (κ2) is 7.51. The van der Waals surface area contributed by atoms with Crippen molar-refractivity contribution in [2.75, 3.05) is 13.1 Å². The molecule has 1 saturated heterocycles. The maximum Gasteiger partial charge on any atom is 0.220 e. The minimum atomic E-state index is 0.0163. The molecule has 1 fully saturated rings. The van der Waals surface area contributed by atoms with Crippen molar-refractivity contribution in [2.45, 2.75) is 58.9 Å². The highest BCUT2D eigenvalue weighted by molar-refractivity contribution is 7.11. The van der Waals surface area contributed by atoms with E-state index < -0.39 is 0 Å². The third-order valence-corrected chi connectivity index (χ3v) is 5.54. The van der Waals surface area contributed by atoms with Gasteiger partial charge in [-0.1, -0.05) is 39.0 Å². The van der Waals surface area contributed by atoms with Crippen molar-refractivity contribution in [3.05, 3.63) is 10.0 Å². The summed E-state index contributed by atoms with van der Waals surface area (Å²) in [5.74, 6) is 1.16. The van der Waals surface area contributed by atoms with E-state index in [1.165, 1.54) is 12.8 Å². The molecule has 124 valence electrons. The summed E-state index contributed by atoms with van der Waals surface area (Å²) >= 11 is 1.58. The van der Waals surface area contributed by atoms with Crippen molar-refractivity contribution in [3.8, 4) is 0 Å². The van der Waals surface area contributed by atoms with Gasteiger partial charge in [0.05, 0.1) is 6.54 Å². The summed E-state index contributed by atoms with van der Waals surface area (Å²) in [6, 6.07) is 0. The first-order valence-electron chi connectivity index (χ1n) is 8.16. The van der Waals surface area contributed by atoms with Crippen molar-refractivity contribution in [2.24, 2.45) is 11.8 Å². The molecule has 0 radical (unpaired) electrons. The third-order valence-electron chi connectivity index (χ3n) is 4.19. The largest absolute Gasteiger partial charge is 0.350 e. The van der Waals surface area contributed by atoms with Crippen LogP contribution in [0.3, 0.4) is 0 Å². The van der Waals surface area contributed by atoms with Gasteiger partial charge in [-0.05, 0) is 37.8 Å². The molecule has 0 aromatic carbocycles. The monoisotopic (exact) mass is 324 g/mol. The zero-order valence-corrected chi connectivity index (χ0v) is 14.9. The third kappa shape index (κ3) is 5.02. The van der Waals surface area contributed by atoms with E-state index in [2.05, 4.69) is 48.5 Å². The molecule has 0 bridgehead atoms. The Balaban J connectivity index is 1.76. The Labute approximate surface area is 137 Å². The molecule has 0 aliphatic carbocycles. The van der Waals surface area contributed by atoms with Crippen LogP contribution in [-0.4, -0.2) is 29.2 Å². The maximum absolute atomic E-state index is 12.1. The van der Waals surface area contributed by atoms with Crippen LogP contribution < -0.4 is 10.6 Å². The Hall–Kier alpha value is -1.01. The Morgan fingerprint density at radius 1 is 1.45 bits per heavy atom. The van der Waals surface area contributed by atoms with Gasteiger partial charge in [-0.25, -0.2) is 0 Å². The Morgan fingerprint density at radius 3 is 2.82 bits per heavy atom. The second-order valence-electron chi connectivity index (χ2n) is 7.32. The quantitative estimate of drug-likeness (QED) is 0.873. The van der Waals surface area contributed by atoms with Crippen LogP contribution >= 0.6 is 11.3 Å². The van der Waals surface area contributed by atoms with Gasteiger partial charge in [-0.15, -0.1) is 10.2 Å². The van der Waals surface area contributed by atoms with E-state index in [-0.39, 0.29) is 11.3 Å². The first kappa shape index (κ1) is 17.3. The Morgan fingerprint density at radius 2 is 2.23 bits per heavy atom. The summed E-state index contributed by atoms with van der Waals surface area (Å²) in [6.45, 7) is 11.2. The van der Waals surface area contributed by atoms with Crippen molar-refractivity contribution < 1.29 is 4.79 Å². The molecule has 5 nitrogen and oxygen atoms in total. The molecule has 1 aliphatic rings. The average molecular weight is 324 g/mol. The summed E-state index contributed by atoms with van der Waals surface area (Å²) in [7, 11) is 0. The molecule has 1 aromatic heterocycles. The summed E-state index contributed by atoms with van der Waals surface area (Å²) < 4.78 is 0. The lowest BCUT2D eigenvalue weighted by atomic mass is 9.85. The van der Waals surface area contributed by atoms with Crippen molar-refractivity contribution in [3.63, 3.8) is 0 Å². The van der Waals surface area contributed by atoms with Crippen LogP contribution in [-0.2, 0) is 16.8 Å². The van der Waals surface area contributed by atoms with Gasteiger partial charge in [0.25, 0.3) is 0 Å². The smallest absolute Gasteiger partial charge is 0.220 e. The molecule has 0 spiro atoms. The van der Waals surface area contributed by atoms with E-state index in [9.17, 15) is 4.79 Å². The molecule has 22 heavy (non-hydrogen) atoms. The van der Waals surface area contributed by atoms with Gasteiger partial charge in [0, 0.05) is 11.8 Å². The molecule has 1 aliphatic heterocycles. The second-order valence-corrected chi connectivity index (χ2v) is 8.38. The average Bonchev–Trinajstić information content (AvgIpc) is 2.95. The number of hydrogen-bond donors (Lipinski definition) is 2. The molecular formula is C16H28N4OS. The lowest BCUT2D eigenvalue weighted by Gasteiger charge is -2.27. The number of rotatable bonds is 5. The number of nitrogens with one attached hydrogen (secondary N) is 2. The number of carbonyl (C=O) groups excluding carboxylic acids is 1. The van der Waals surface area contributed by atoms with E-state index in [1.807, 2.05) is 0 Å². The lowest BCUT2D eigenvalue weighted by Crippen LogP contribution is -2.35. The molecule has 2 heterocycles. The van der Waals surface area contributed by atoms with E-state index in [4.69, 9.17) is 0 Å². The van der Waals surface area contributed by atoms with E-state index >= 15 is 0 Å². The molecule has 2 rings (SSSR count). The predicted octanol–water partition coefficient (Wildman–Crippen LogP) is 2.48. The molecule has 1 aromatic rings. The summed E-state index contributed by atoms with van der Waals surface area (Å²) in [5, 5.41) is 16.7. The molecule has 1 amide bonds. The van der Waals surface area contributed by atoms with Gasteiger partial charge < -0.3 is 10.6 Å². The molecule has 6 heteroatoms. The molecule has 2 N–H and O–H groups in total. The minimum Gasteiger partial charge on any atom is -0.350 e. The van der Waals surface area contributed by atoms with Crippen LogP contribution in [0.15, 0.2) is 0 Å². The minimum absolute atomic E-state index is 0.0163. The van der Waals surface area contributed by atoms with Gasteiger partial charge in [0.2, 0.25) is 5.91 Å². The molecule has 0 saturated carbocycles. The van der Waals surface area contributed by atoms with Crippen LogP contribution in [0.1, 0.15) is 57.0 Å². The van der Waals surface area contributed by atoms with Crippen LogP contribution in [0.4, 0.5) is 0 Å². The van der Waals surface area contributed by atoms with Crippen LogP contribution in [0.5, 0.6) is 0 Å². The molecule has 2 unspecified atom stereocenters. The standard InChI is InChI=1S/C16H28N4OS/c1-11(12-6-5-7-17-9-12)8-13(21)18-10-14-19-20-15(22-14)16(2,3)4/h11-12,17H,5-10H2,1-4H3,(H,18,21). The number of carbonyl (C=O) groups is 1. The highest BCUT2D eigenvalue weighted by Gasteiger charge is 2.22. The van der Waals surface area contributed by atoms with Crippen LogP contribution in [0.25, 0.3) is 0 Å². The zero-order chi connectivity index (χ0) is 16.2. The number of nitrogens with zero attached hydrogens (tertiary/aromatic N) is 2. The predicted molar refractivity (Wildman–Crippen MR) is 89.8 cm³/mol. The van der Waals surface area contributed by atoms with Crippen LogP contribution in [0.2, 0.25) is 0 Å². The number of piperidine rings is 1. The van der Waals surface area contributed by atoms with Gasteiger partial charge in [-0.2, -0.15) is 0 Å². The number of hydrogen-bond acceptors (Lipinski definition) is 5. The van der Waals surface area contributed by atoms with Gasteiger partial charge in [0.1, 0.15) is 10.0 Å². The molecule has 2 atom stereocenters. The summed E-state index contributed by atoms with van der Waals surface area (Å²) in [6.07, 6.45) is 3.04. The zero-order valence-electron chi connectivity index (χ0n) is 14.1. The van der Waals surface area contributed by atoms with E-state index in [0.717, 1.165) is 23.1 Å².